The summed E-state index contributed by atoms with van der Waals surface area (Å²) in [6.07, 6.45) is 7.85. The van der Waals surface area contributed by atoms with E-state index in [-0.39, 0.29) is 0 Å². The first-order chi connectivity index (χ1) is 7.80. The van der Waals surface area contributed by atoms with E-state index in [2.05, 4.69) is 36.3 Å². The topological polar surface area (TPSA) is 24.9 Å². The Labute approximate surface area is 99.5 Å². The lowest BCUT2D eigenvalue weighted by molar-refractivity contribution is 0.490. The van der Waals surface area contributed by atoms with Gasteiger partial charge in [0, 0.05) is 17.9 Å². The van der Waals surface area contributed by atoms with Gasteiger partial charge in [0.25, 0.3) is 0 Å². The van der Waals surface area contributed by atoms with Gasteiger partial charge in [-0.05, 0) is 50.8 Å². The standard InChI is InChI=1S/C14H24N2/c1-4-12-9-10-14(16-11-12)8-6-7-13(5-2)15-3/h9-11,13,15H,4-8H2,1-3H3. The van der Waals surface area contributed by atoms with Crippen LogP contribution < -0.4 is 5.32 Å². The average Bonchev–Trinajstić information content (AvgIpc) is 2.35. The lowest BCUT2D eigenvalue weighted by Gasteiger charge is -2.12. The minimum Gasteiger partial charge on any atom is -0.317 e. The molecule has 0 aliphatic carbocycles. The molecule has 16 heavy (non-hydrogen) atoms. The first-order valence-electron chi connectivity index (χ1n) is 6.41. The fourth-order valence-corrected chi connectivity index (χ4v) is 1.89. The summed E-state index contributed by atoms with van der Waals surface area (Å²) in [6, 6.07) is 5.02. The van der Waals surface area contributed by atoms with Crippen molar-refractivity contribution in [2.75, 3.05) is 7.05 Å². The number of aryl methyl sites for hydroxylation is 2. The lowest BCUT2D eigenvalue weighted by Crippen LogP contribution is -2.24. The second kappa shape index (κ2) is 7.39. The molecule has 0 radical (unpaired) electrons. The molecule has 0 fully saturated rings. The van der Waals surface area contributed by atoms with Gasteiger partial charge in [-0.2, -0.15) is 0 Å². The van der Waals surface area contributed by atoms with Gasteiger partial charge < -0.3 is 5.32 Å². The van der Waals surface area contributed by atoms with Crippen LogP contribution in [-0.2, 0) is 12.8 Å². The van der Waals surface area contributed by atoms with Gasteiger partial charge in [-0.1, -0.05) is 19.9 Å². The molecule has 1 unspecified atom stereocenters. The lowest BCUT2D eigenvalue weighted by atomic mass is 10.1. The molecule has 0 saturated heterocycles. The molecule has 2 nitrogen and oxygen atoms in total. The first kappa shape index (κ1) is 13.2. The highest BCUT2D eigenvalue weighted by Crippen LogP contribution is 2.07. The smallest absolute Gasteiger partial charge is 0.0403 e. The molecule has 0 amide bonds. The zero-order valence-corrected chi connectivity index (χ0v) is 10.8. The summed E-state index contributed by atoms with van der Waals surface area (Å²) >= 11 is 0. The zero-order chi connectivity index (χ0) is 11.8. The number of hydrogen-bond donors (Lipinski definition) is 1. The van der Waals surface area contributed by atoms with Crippen LogP contribution >= 0.6 is 0 Å². The number of nitrogens with zero attached hydrogens (tertiary/aromatic N) is 1. The summed E-state index contributed by atoms with van der Waals surface area (Å²) in [7, 11) is 2.04. The maximum atomic E-state index is 4.48. The highest BCUT2D eigenvalue weighted by molar-refractivity contribution is 5.13. The van der Waals surface area contributed by atoms with Crippen molar-refractivity contribution >= 4 is 0 Å². The van der Waals surface area contributed by atoms with E-state index in [0.29, 0.717) is 6.04 Å². The Morgan fingerprint density at radius 2 is 2.12 bits per heavy atom. The van der Waals surface area contributed by atoms with E-state index in [4.69, 9.17) is 0 Å². The second-order valence-electron chi connectivity index (χ2n) is 4.30. The minimum atomic E-state index is 0.662. The van der Waals surface area contributed by atoms with Gasteiger partial charge >= 0.3 is 0 Å². The molecule has 1 rings (SSSR count). The Morgan fingerprint density at radius 3 is 2.62 bits per heavy atom. The van der Waals surface area contributed by atoms with E-state index < -0.39 is 0 Å². The van der Waals surface area contributed by atoms with Gasteiger partial charge in [0.1, 0.15) is 0 Å². The van der Waals surface area contributed by atoms with Crippen LogP contribution in [-0.4, -0.2) is 18.1 Å². The molecule has 0 aliphatic rings. The Morgan fingerprint density at radius 1 is 1.31 bits per heavy atom. The molecule has 2 heteroatoms. The molecule has 1 aromatic heterocycles. The Kier molecular flexibility index (Phi) is 6.09. The van der Waals surface area contributed by atoms with Crippen LogP contribution in [0.15, 0.2) is 18.3 Å². The van der Waals surface area contributed by atoms with E-state index >= 15 is 0 Å². The molecule has 0 aliphatic heterocycles. The van der Waals surface area contributed by atoms with Crippen LogP contribution in [0.5, 0.6) is 0 Å². The molecular formula is C14H24N2. The number of aromatic nitrogens is 1. The van der Waals surface area contributed by atoms with E-state index in [1.54, 1.807) is 0 Å². The van der Waals surface area contributed by atoms with E-state index in [0.717, 1.165) is 12.8 Å². The molecule has 1 N–H and O–H groups in total. The molecule has 0 saturated carbocycles. The molecular weight excluding hydrogens is 196 g/mol. The fourth-order valence-electron chi connectivity index (χ4n) is 1.89. The first-order valence-corrected chi connectivity index (χ1v) is 6.41. The predicted molar refractivity (Wildman–Crippen MR) is 69.7 cm³/mol. The summed E-state index contributed by atoms with van der Waals surface area (Å²) in [4.78, 5) is 4.48. The van der Waals surface area contributed by atoms with Crippen molar-refractivity contribution in [3.05, 3.63) is 29.6 Å². The highest BCUT2D eigenvalue weighted by atomic mass is 14.9. The molecule has 0 bridgehead atoms. The maximum Gasteiger partial charge on any atom is 0.0403 e. The second-order valence-corrected chi connectivity index (χ2v) is 4.30. The van der Waals surface area contributed by atoms with Crippen molar-refractivity contribution in [2.24, 2.45) is 0 Å². The predicted octanol–water partition coefficient (Wildman–Crippen LogP) is 2.96. The Balaban J connectivity index is 2.31. The van der Waals surface area contributed by atoms with Crippen LogP contribution in [0, 0.1) is 0 Å². The summed E-state index contributed by atoms with van der Waals surface area (Å²) in [5.74, 6) is 0. The molecule has 90 valence electrons. The molecule has 1 aromatic rings. The van der Waals surface area contributed by atoms with Crippen molar-refractivity contribution in [3.8, 4) is 0 Å². The average molecular weight is 220 g/mol. The fraction of sp³-hybridized carbons (Fsp3) is 0.643. The molecule has 0 aromatic carbocycles. The number of pyridine rings is 1. The molecule has 1 heterocycles. The van der Waals surface area contributed by atoms with Crippen LogP contribution in [0.2, 0.25) is 0 Å². The zero-order valence-electron chi connectivity index (χ0n) is 10.8. The summed E-state index contributed by atoms with van der Waals surface area (Å²) in [5, 5.41) is 3.34. The summed E-state index contributed by atoms with van der Waals surface area (Å²) < 4.78 is 0. The van der Waals surface area contributed by atoms with Gasteiger partial charge in [-0.25, -0.2) is 0 Å². The van der Waals surface area contributed by atoms with Crippen LogP contribution in [0.3, 0.4) is 0 Å². The van der Waals surface area contributed by atoms with Crippen molar-refractivity contribution in [1.82, 2.24) is 10.3 Å². The van der Waals surface area contributed by atoms with Crippen molar-refractivity contribution in [2.45, 2.75) is 52.0 Å². The number of hydrogen-bond acceptors (Lipinski definition) is 2. The summed E-state index contributed by atoms with van der Waals surface area (Å²) in [5.41, 5.74) is 2.55. The minimum absolute atomic E-state index is 0.662. The van der Waals surface area contributed by atoms with E-state index in [1.807, 2.05) is 13.2 Å². The monoisotopic (exact) mass is 220 g/mol. The SMILES string of the molecule is CCc1ccc(CCCC(CC)NC)nc1. The Hall–Kier alpha value is -0.890. The number of rotatable bonds is 7. The third-order valence-corrected chi connectivity index (χ3v) is 3.18. The van der Waals surface area contributed by atoms with E-state index in [9.17, 15) is 0 Å². The van der Waals surface area contributed by atoms with Gasteiger partial charge in [0.15, 0.2) is 0 Å². The van der Waals surface area contributed by atoms with Gasteiger partial charge in [-0.3, -0.25) is 4.98 Å². The van der Waals surface area contributed by atoms with Gasteiger partial charge in [0.2, 0.25) is 0 Å². The normalized spacial score (nSPS) is 12.7. The largest absolute Gasteiger partial charge is 0.317 e. The quantitative estimate of drug-likeness (QED) is 0.764. The Bertz CT molecular complexity index is 275. The van der Waals surface area contributed by atoms with E-state index in [1.165, 1.54) is 30.5 Å². The van der Waals surface area contributed by atoms with Crippen molar-refractivity contribution in [1.29, 1.82) is 0 Å². The van der Waals surface area contributed by atoms with Crippen molar-refractivity contribution < 1.29 is 0 Å². The van der Waals surface area contributed by atoms with Crippen molar-refractivity contribution in [3.63, 3.8) is 0 Å². The number of nitrogens with one attached hydrogen (secondary N) is 1. The molecule has 1 atom stereocenters. The van der Waals surface area contributed by atoms with Crippen LogP contribution in [0.4, 0.5) is 0 Å². The maximum absolute atomic E-state index is 4.48. The van der Waals surface area contributed by atoms with Crippen LogP contribution in [0.25, 0.3) is 0 Å². The molecule has 0 spiro atoms. The third-order valence-electron chi connectivity index (χ3n) is 3.18. The van der Waals surface area contributed by atoms with Crippen LogP contribution in [0.1, 0.15) is 44.4 Å². The summed E-state index contributed by atoms with van der Waals surface area (Å²) in [6.45, 7) is 4.39. The van der Waals surface area contributed by atoms with Gasteiger partial charge in [0.05, 0.1) is 0 Å². The third kappa shape index (κ3) is 4.31. The highest BCUT2D eigenvalue weighted by Gasteiger charge is 2.02. The van der Waals surface area contributed by atoms with Gasteiger partial charge in [-0.15, -0.1) is 0 Å².